The van der Waals surface area contributed by atoms with Crippen LogP contribution >= 0.6 is 11.3 Å². The normalized spacial score (nSPS) is 20.2. The molecule has 1 aliphatic heterocycles. The summed E-state index contributed by atoms with van der Waals surface area (Å²) in [7, 11) is 2.18. The van der Waals surface area contributed by atoms with Crippen LogP contribution in [0.25, 0.3) is 10.2 Å². The van der Waals surface area contributed by atoms with Crippen LogP contribution < -0.4 is 10.5 Å². The van der Waals surface area contributed by atoms with Crippen molar-refractivity contribution in [2.75, 3.05) is 25.9 Å². The summed E-state index contributed by atoms with van der Waals surface area (Å²) in [6, 6.07) is 2.62. The molecule has 0 amide bonds. The molecule has 19 heavy (non-hydrogen) atoms. The molecule has 102 valence electrons. The Kier molecular flexibility index (Phi) is 3.52. The van der Waals surface area contributed by atoms with Gasteiger partial charge in [0.15, 0.2) is 0 Å². The van der Waals surface area contributed by atoms with E-state index in [-0.39, 0.29) is 5.95 Å². The van der Waals surface area contributed by atoms with Crippen molar-refractivity contribution < 1.29 is 4.74 Å². The van der Waals surface area contributed by atoms with E-state index in [9.17, 15) is 0 Å². The minimum atomic E-state index is 0.280. The SMILES string of the molecule is CN1CCCC1CCOc1nc(N)nc2sccc12. The van der Waals surface area contributed by atoms with Crippen LogP contribution in [-0.4, -0.2) is 41.1 Å². The molecule has 1 atom stereocenters. The van der Waals surface area contributed by atoms with E-state index in [0.29, 0.717) is 18.5 Å². The molecule has 0 radical (unpaired) electrons. The summed E-state index contributed by atoms with van der Waals surface area (Å²) in [5.41, 5.74) is 5.70. The smallest absolute Gasteiger partial charge is 0.227 e. The number of rotatable bonds is 4. The summed E-state index contributed by atoms with van der Waals surface area (Å²) in [4.78, 5) is 11.7. The lowest BCUT2D eigenvalue weighted by atomic mass is 10.1. The number of nitrogens with two attached hydrogens (primary N) is 1. The van der Waals surface area contributed by atoms with E-state index < -0.39 is 0 Å². The Bertz CT molecular complexity index is 571. The standard InChI is InChI=1S/C13H18N4OS/c1-17-6-2-3-9(17)4-7-18-11-10-5-8-19-12(10)16-13(14)15-11/h5,8-9H,2-4,6-7H2,1H3,(H2,14,15,16). The van der Waals surface area contributed by atoms with E-state index in [1.54, 1.807) is 11.3 Å². The third-order valence-electron chi connectivity index (χ3n) is 3.67. The van der Waals surface area contributed by atoms with Gasteiger partial charge in [0.2, 0.25) is 11.8 Å². The Morgan fingerprint density at radius 1 is 1.53 bits per heavy atom. The van der Waals surface area contributed by atoms with Crippen LogP contribution in [0.3, 0.4) is 0 Å². The summed E-state index contributed by atoms with van der Waals surface area (Å²) in [6.07, 6.45) is 3.59. The fourth-order valence-electron chi connectivity index (χ4n) is 2.59. The Morgan fingerprint density at radius 3 is 3.21 bits per heavy atom. The molecule has 2 N–H and O–H groups in total. The molecule has 0 aliphatic carbocycles. The van der Waals surface area contributed by atoms with E-state index in [2.05, 4.69) is 21.9 Å². The third kappa shape index (κ3) is 2.64. The van der Waals surface area contributed by atoms with Crippen LogP contribution in [0.1, 0.15) is 19.3 Å². The number of thiophene rings is 1. The number of aromatic nitrogens is 2. The van der Waals surface area contributed by atoms with Gasteiger partial charge >= 0.3 is 0 Å². The average molecular weight is 278 g/mol. The molecule has 1 aliphatic rings. The van der Waals surface area contributed by atoms with Gasteiger partial charge in [-0.3, -0.25) is 0 Å². The summed E-state index contributed by atoms with van der Waals surface area (Å²) in [5, 5.41) is 2.94. The summed E-state index contributed by atoms with van der Waals surface area (Å²) in [6.45, 7) is 1.87. The first-order valence-electron chi connectivity index (χ1n) is 6.58. The van der Waals surface area contributed by atoms with Gasteiger partial charge in [-0.15, -0.1) is 11.3 Å². The molecule has 0 bridgehead atoms. The van der Waals surface area contributed by atoms with Gasteiger partial charge in [-0.2, -0.15) is 4.98 Å². The van der Waals surface area contributed by atoms with Gasteiger partial charge in [-0.25, -0.2) is 4.98 Å². The van der Waals surface area contributed by atoms with Gasteiger partial charge in [0.05, 0.1) is 12.0 Å². The van der Waals surface area contributed by atoms with Crippen LogP contribution in [-0.2, 0) is 0 Å². The highest BCUT2D eigenvalue weighted by atomic mass is 32.1. The maximum absolute atomic E-state index is 5.82. The molecular formula is C13H18N4OS. The lowest BCUT2D eigenvalue weighted by Gasteiger charge is -2.19. The zero-order chi connectivity index (χ0) is 13.2. The van der Waals surface area contributed by atoms with Crippen LogP contribution in [0.15, 0.2) is 11.4 Å². The predicted octanol–water partition coefficient (Wildman–Crippen LogP) is 2.14. The van der Waals surface area contributed by atoms with Crippen LogP contribution in [0.4, 0.5) is 5.95 Å². The van der Waals surface area contributed by atoms with Crippen molar-refractivity contribution in [3.05, 3.63) is 11.4 Å². The second-order valence-corrected chi connectivity index (χ2v) is 5.83. The summed E-state index contributed by atoms with van der Waals surface area (Å²) < 4.78 is 5.82. The van der Waals surface area contributed by atoms with Crippen LogP contribution in [0, 0.1) is 0 Å². The van der Waals surface area contributed by atoms with E-state index in [1.807, 2.05) is 11.4 Å². The molecule has 3 rings (SSSR count). The highest BCUT2D eigenvalue weighted by molar-refractivity contribution is 7.16. The topological polar surface area (TPSA) is 64.3 Å². The Balaban J connectivity index is 1.66. The Morgan fingerprint density at radius 2 is 2.42 bits per heavy atom. The van der Waals surface area contributed by atoms with Gasteiger partial charge in [0.1, 0.15) is 4.83 Å². The van der Waals surface area contributed by atoms with Gasteiger partial charge in [-0.1, -0.05) is 0 Å². The van der Waals surface area contributed by atoms with Gasteiger partial charge in [0, 0.05) is 6.04 Å². The van der Waals surface area contributed by atoms with Crippen LogP contribution in [0.2, 0.25) is 0 Å². The van der Waals surface area contributed by atoms with E-state index in [4.69, 9.17) is 10.5 Å². The number of fused-ring (bicyclic) bond motifs is 1. The zero-order valence-electron chi connectivity index (χ0n) is 11.0. The molecule has 1 fully saturated rings. The lowest BCUT2D eigenvalue weighted by Crippen LogP contribution is -2.26. The minimum Gasteiger partial charge on any atom is -0.477 e. The molecule has 5 nitrogen and oxygen atoms in total. The third-order valence-corrected chi connectivity index (χ3v) is 4.48. The molecule has 2 aromatic rings. The minimum absolute atomic E-state index is 0.280. The Labute approximate surface area is 116 Å². The van der Waals surface area contributed by atoms with Crippen molar-refractivity contribution in [2.45, 2.75) is 25.3 Å². The number of likely N-dealkylation sites (tertiary alicyclic amines) is 1. The maximum Gasteiger partial charge on any atom is 0.227 e. The monoisotopic (exact) mass is 278 g/mol. The van der Waals surface area contributed by atoms with Crippen molar-refractivity contribution in [2.24, 2.45) is 0 Å². The molecule has 0 aromatic carbocycles. The number of anilines is 1. The van der Waals surface area contributed by atoms with Crippen molar-refractivity contribution in [1.29, 1.82) is 0 Å². The lowest BCUT2D eigenvalue weighted by molar-refractivity contribution is 0.230. The first-order valence-corrected chi connectivity index (χ1v) is 7.46. The van der Waals surface area contributed by atoms with Gasteiger partial charge < -0.3 is 15.4 Å². The van der Waals surface area contributed by atoms with Crippen molar-refractivity contribution in [3.8, 4) is 5.88 Å². The van der Waals surface area contributed by atoms with Gasteiger partial charge in [0.25, 0.3) is 0 Å². The van der Waals surface area contributed by atoms with Crippen molar-refractivity contribution in [1.82, 2.24) is 14.9 Å². The zero-order valence-corrected chi connectivity index (χ0v) is 11.8. The van der Waals surface area contributed by atoms with Crippen LogP contribution in [0.5, 0.6) is 5.88 Å². The van der Waals surface area contributed by atoms with E-state index in [1.165, 1.54) is 19.4 Å². The molecule has 3 heterocycles. The largest absolute Gasteiger partial charge is 0.477 e. The Hall–Kier alpha value is -1.40. The number of hydrogen-bond donors (Lipinski definition) is 1. The van der Waals surface area contributed by atoms with E-state index in [0.717, 1.165) is 16.6 Å². The first-order chi connectivity index (χ1) is 9.24. The highest BCUT2D eigenvalue weighted by Crippen LogP contribution is 2.27. The fourth-order valence-corrected chi connectivity index (χ4v) is 3.35. The molecule has 1 saturated heterocycles. The molecule has 0 spiro atoms. The molecular weight excluding hydrogens is 260 g/mol. The number of nitrogens with zero attached hydrogens (tertiary/aromatic N) is 3. The number of hydrogen-bond acceptors (Lipinski definition) is 6. The average Bonchev–Trinajstić information content (AvgIpc) is 2.98. The molecule has 2 aromatic heterocycles. The quantitative estimate of drug-likeness (QED) is 0.928. The van der Waals surface area contributed by atoms with Crippen molar-refractivity contribution in [3.63, 3.8) is 0 Å². The van der Waals surface area contributed by atoms with Crippen molar-refractivity contribution >= 4 is 27.5 Å². The second kappa shape index (κ2) is 5.30. The van der Waals surface area contributed by atoms with Gasteiger partial charge in [-0.05, 0) is 44.3 Å². The summed E-state index contributed by atoms with van der Waals surface area (Å²) in [5.74, 6) is 0.896. The molecule has 0 saturated carbocycles. The predicted molar refractivity (Wildman–Crippen MR) is 77.6 cm³/mol. The second-order valence-electron chi connectivity index (χ2n) is 4.94. The van der Waals surface area contributed by atoms with E-state index >= 15 is 0 Å². The highest BCUT2D eigenvalue weighted by Gasteiger charge is 2.20. The summed E-state index contributed by atoms with van der Waals surface area (Å²) >= 11 is 1.56. The maximum atomic E-state index is 5.82. The fraction of sp³-hybridized carbons (Fsp3) is 0.538. The number of nitrogen functional groups attached to an aromatic ring is 1. The number of ether oxygens (including phenoxy) is 1. The molecule has 1 unspecified atom stereocenters. The first kappa shape index (κ1) is 12.6. The molecule has 6 heteroatoms.